The molecule has 1 heterocycles. The summed E-state index contributed by atoms with van der Waals surface area (Å²) in [5.74, 6) is 0.875. The van der Waals surface area contributed by atoms with Crippen LogP contribution >= 0.6 is 0 Å². The number of pyridine rings is 1. The van der Waals surface area contributed by atoms with Gasteiger partial charge in [0.15, 0.2) is 0 Å². The Labute approximate surface area is 116 Å². The molecule has 0 unspecified atom stereocenters. The van der Waals surface area contributed by atoms with E-state index in [9.17, 15) is 0 Å². The monoisotopic (exact) mass is 289 g/mol. The second-order valence-corrected chi connectivity index (χ2v) is 4.50. The van der Waals surface area contributed by atoms with Gasteiger partial charge in [0, 0.05) is 0 Å². The van der Waals surface area contributed by atoms with Gasteiger partial charge < -0.3 is 0 Å². The van der Waals surface area contributed by atoms with Crippen LogP contribution in [0.4, 0.5) is 0 Å². The van der Waals surface area contributed by atoms with Crippen molar-refractivity contribution in [1.29, 1.82) is 0 Å². The quantitative estimate of drug-likeness (QED) is 0.675. The third-order valence-electron chi connectivity index (χ3n) is 2.89. The second-order valence-electron chi connectivity index (χ2n) is 4.00. The Kier molecular flexibility index (Phi) is 3.09. The minimum absolute atomic E-state index is 0.875. The van der Waals surface area contributed by atoms with Crippen molar-refractivity contribution in [2.75, 3.05) is 0 Å². The number of fused-ring (bicyclic) bond motifs is 1. The minimum atomic E-state index is 0.875. The van der Waals surface area contributed by atoms with E-state index in [4.69, 9.17) is 3.53 Å². The number of hydrogen-bond acceptors (Lipinski definition) is 2. The zero-order valence-electron chi connectivity index (χ0n) is 9.71. The van der Waals surface area contributed by atoms with E-state index in [2.05, 4.69) is 17.1 Å². The van der Waals surface area contributed by atoms with E-state index < -0.39 is 0 Å². The summed E-state index contributed by atoms with van der Waals surface area (Å²) in [6.45, 7) is 0. The fourth-order valence-corrected chi connectivity index (χ4v) is 2.43. The van der Waals surface area contributed by atoms with Crippen LogP contribution in [0.2, 0.25) is 0 Å². The maximum atomic E-state index is 5.43. The van der Waals surface area contributed by atoms with Gasteiger partial charge in [0.1, 0.15) is 0 Å². The van der Waals surface area contributed by atoms with Crippen LogP contribution in [0.1, 0.15) is 0 Å². The SMILES string of the molecule is [Ga][O]c1ccccc1-c1ccc2ccccc2n1. The summed E-state index contributed by atoms with van der Waals surface area (Å²) in [6, 6.07) is 20.2. The number of para-hydroxylation sites is 2. The predicted octanol–water partition coefficient (Wildman–Crippen LogP) is 3.36. The van der Waals surface area contributed by atoms with E-state index in [1.165, 1.54) is 19.0 Å². The molecule has 3 rings (SSSR count). The first-order chi connectivity index (χ1) is 8.88. The number of hydrogen-bond donors (Lipinski definition) is 0. The van der Waals surface area contributed by atoms with Crippen LogP contribution in [-0.4, -0.2) is 23.9 Å². The molecule has 2 radical (unpaired) electrons. The van der Waals surface area contributed by atoms with Gasteiger partial charge in [0.2, 0.25) is 0 Å². The molecule has 0 N–H and O–H groups in total. The van der Waals surface area contributed by atoms with Gasteiger partial charge in [-0.3, -0.25) is 0 Å². The Morgan fingerprint density at radius 3 is 2.50 bits per heavy atom. The van der Waals surface area contributed by atoms with Crippen molar-refractivity contribution in [1.82, 2.24) is 4.98 Å². The molecule has 84 valence electrons. The Morgan fingerprint density at radius 1 is 0.833 bits per heavy atom. The second kappa shape index (κ2) is 4.88. The number of nitrogens with zero attached hydrogens (tertiary/aromatic N) is 1. The predicted molar refractivity (Wildman–Crippen MR) is 73.6 cm³/mol. The van der Waals surface area contributed by atoms with Gasteiger partial charge in [-0.2, -0.15) is 0 Å². The summed E-state index contributed by atoms with van der Waals surface area (Å²) in [4.78, 5) is 4.68. The van der Waals surface area contributed by atoms with Crippen LogP contribution < -0.4 is 3.53 Å². The first-order valence-corrected chi connectivity index (χ1v) is 6.69. The fourth-order valence-electron chi connectivity index (χ4n) is 2.00. The molecule has 0 spiro atoms. The van der Waals surface area contributed by atoms with Gasteiger partial charge in [-0.05, 0) is 0 Å². The molecule has 3 heteroatoms. The van der Waals surface area contributed by atoms with E-state index in [1.807, 2.05) is 48.5 Å². The summed E-state index contributed by atoms with van der Waals surface area (Å²) in [6.07, 6.45) is 0. The summed E-state index contributed by atoms with van der Waals surface area (Å²) in [5, 5.41) is 1.15. The van der Waals surface area contributed by atoms with E-state index >= 15 is 0 Å². The zero-order valence-corrected chi connectivity index (χ0v) is 12.1. The van der Waals surface area contributed by atoms with Crippen LogP contribution in [0.5, 0.6) is 5.75 Å². The van der Waals surface area contributed by atoms with Crippen LogP contribution in [0, 0.1) is 0 Å². The van der Waals surface area contributed by atoms with Gasteiger partial charge in [-0.15, -0.1) is 0 Å². The molecular formula is C15H10GaNO. The van der Waals surface area contributed by atoms with Crippen molar-refractivity contribution in [3.05, 3.63) is 60.7 Å². The van der Waals surface area contributed by atoms with Crippen molar-refractivity contribution in [3.63, 3.8) is 0 Å². The van der Waals surface area contributed by atoms with Crippen molar-refractivity contribution in [3.8, 4) is 17.0 Å². The van der Waals surface area contributed by atoms with E-state index in [1.54, 1.807) is 0 Å². The Bertz CT molecular complexity index is 697. The molecule has 2 nitrogen and oxygen atoms in total. The zero-order chi connectivity index (χ0) is 12.4. The average molecular weight is 290 g/mol. The Balaban J connectivity index is 2.19. The summed E-state index contributed by atoms with van der Waals surface area (Å²) < 4.78 is 5.43. The molecule has 0 saturated heterocycles. The van der Waals surface area contributed by atoms with Crippen molar-refractivity contribution in [2.24, 2.45) is 0 Å². The standard InChI is InChI=1S/C15H11NO.Ga/c17-15-8-4-2-6-12(15)14-10-9-11-5-1-3-7-13(11)16-14;/h1-10,17H;/q;+1/p-1. The first-order valence-electron chi connectivity index (χ1n) is 5.70. The molecule has 2 aromatic carbocycles. The van der Waals surface area contributed by atoms with E-state index in [0.29, 0.717) is 0 Å². The topological polar surface area (TPSA) is 22.1 Å². The maximum absolute atomic E-state index is 5.43. The van der Waals surface area contributed by atoms with Gasteiger partial charge >= 0.3 is 116 Å². The molecule has 3 aromatic rings. The van der Waals surface area contributed by atoms with Crippen LogP contribution in [0.3, 0.4) is 0 Å². The molecule has 0 atom stereocenters. The van der Waals surface area contributed by atoms with E-state index in [-0.39, 0.29) is 0 Å². The molecule has 0 bridgehead atoms. The normalized spacial score (nSPS) is 10.4. The van der Waals surface area contributed by atoms with Crippen molar-refractivity contribution < 1.29 is 3.53 Å². The summed E-state index contributed by atoms with van der Waals surface area (Å²) >= 11 is 1.23. The molecule has 18 heavy (non-hydrogen) atoms. The Hall–Kier alpha value is -1.71. The van der Waals surface area contributed by atoms with Gasteiger partial charge in [-0.1, -0.05) is 0 Å². The fraction of sp³-hybridized carbons (Fsp3) is 0. The molecule has 0 aliphatic rings. The third kappa shape index (κ3) is 2.03. The molecular weight excluding hydrogens is 280 g/mol. The first kappa shape index (κ1) is 11.4. The number of benzene rings is 2. The molecule has 0 saturated carbocycles. The van der Waals surface area contributed by atoms with Crippen LogP contribution in [-0.2, 0) is 0 Å². The molecule has 0 aliphatic heterocycles. The van der Waals surface area contributed by atoms with Crippen LogP contribution in [0.25, 0.3) is 22.2 Å². The number of rotatable bonds is 2. The van der Waals surface area contributed by atoms with E-state index in [0.717, 1.165) is 27.9 Å². The van der Waals surface area contributed by atoms with Crippen molar-refractivity contribution >= 4 is 29.9 Å². The van der Waals surface area contributed by atoms with Gasteiger partial charge in [-0.25, -0.2) is 0 Å². The van der Waals surface area contributed by atoms with Crippen LogP contribution in [0.15, 0.2) is 60.7 Å². The average Bonchev–Trinajstić information content (AvgIpc) is 2.46. The molecule has 0 amide bonds. The Morgan fingerprint density at radius 2 is 1.61 bits per heavy atom. The third-order valence-corrected chi connectivity index (χ3v) is 3.42. The summed E-state index contributed by atoms with van der Waals surface area (Å²) in [7, 11) is 0. The van der Waals surface area contributed by atoms with Gasteiger partial charge in [0.25, 0.3) is 0 Å². The molecule has 0 fully saturated rings. The van der Waals surface area contributed by atoms with Gasteiger partial charge in [0.05, 0.1) is 0 Å². The molecule has 1 aromatic heterocycles. The molecule has 0 aliphatic carbocycles. The summed E-state index contributed by atoms with van der Waals surface area (Å²) in [5.41, 5.74) is 2.99. The van der Waals surface area contributed by atoms with Crippen molar-refractivity contribution in [2.45, 2.75) is 0 Å². The number of aromatic nitrogens is 1.